The van der Waals surface area contributed by atoms with Crippen LogP contribution in [0.25, 0.3) is 0 Å². The molecule has 1 aromatic rings. The van der Waals surface area contributed by atoms with E-state index in [1.807, 2.05) is 6.07 Å². The lowest BCUT2D eigenvalue weighted by atomic mass is 10.2. The minimum Gasteiger partial charge on any atom is -0.454 e. The van der Waals surface area contributed by atoms with E-state index in [-0.39, 0.29) is 12.0 Å². The number of rotatable bonds is 2. The highest BCUT2D eigenvalue weighted by Gasteiger charge is 2.16. The maximum atomic E-state index is 7.11. The number of nitrogens with two attached hydrogens (primary N) is 1. The molecule has 3 N–H and O–H groups in total. The largest absolute Gasteiger partial charge is 0.454 e. The molecule has 1 aliphatic heterocycles. The smallest absolute Gasteiger partial charge is 0.231 e. The monoisotopic (exact) mass is 244 g/mol. The van der Waals surface area contributed by atoms with Gasteiger partial charge in [0, 0.05) is 16.8 Å². The third kappa shape index (κ3) is 2.30. The summed E-state index contributed by atoms with van der Waals surface area (Å²) >= 11 is 7.26. The molecule has 0 radical (unpaired) electrons. The Morgan fingerprint density at radius 3 is 2.80 bits per heavy atom. The molecule has 1 heterocycles. The molecule has 4 nitrogen and oxygen atoms in total. The fraction of sp³-hybridized carbons (Fsp3) is 0.222. The molecular formula is C9H9ClN2O2S. The predicted octanol–water partition coefficient (Wildman–Crippen LogP) is 2.20. The van der Waals surface area contributed by atoms with Crippen LogP contribution >= 0.6 is 23.4 Å². The average molecular weight is 245 g/mol. The Labute approximate surface area is 96.2 Å². The van der Waals surface area contributed by atoms with Crippen molar-refractivity contribution in [2.24, 2.45) is 5.73 Å². The van der Waals surface area contributed by atoms with Crippen LogP contribution < -0.4 is 15.2 Å². The van der Waals surface area contributed by atoms with E-state index in [0.29, 0.717) is 22.3 Å². The van der Waals surface area contributed by atoms with Crippen molar-refractivity contribution in [1.29, 1.82) is 5.41 Å². The summed E-state index contributed by atoms with van der Waals surface area (Å²) in [5, 5.41) is 7.79. The number of thioether (sulfide) groups is 1. The second-order valence-electron chi connectivity index (χ2n) is 2.95. The molecular weight excluding hydrogens is 236 g/mol. The molecule has 2 rings (SSSR count). The molecule has 0 atom stereocenters. The van der Waals surface area contributed by atoms with Gasteiger partial charge in [0.15, 0.2) is 16.7 Å². The van der Waals surface area contributed by atoms with Crippen LogP contribution in [0.4, 0.5) is 0 Å². The minimum atomic E-state index is 0.0729. The predicted molar refractivity (Wildman–Crippen MR) is 60.8 cm³/mol. The summed E-state index contributed by atoms with van der Waals surface area (Å²) in [4.78, 5) is 0. The van der Waals surface area contributed by atoms with E-state index >= 15 is 0 Å². The SMILES string of the molecule is N=C(N)SCc1cc2c(cc1Cl)OCO2. The first kappa shape index (κ1) is 10.4. The van der Waals surface area contributed by atoms with Gasteiger partial charge in [-0.05, 0) is 11.6 Å². The molecule has 0 fully saturated rings. The first-order valence-electron chi connectivity index (χ1n) is 4.21. The van der Waals surface area contributed by atoms with Crippen LogP contribution in [-0.2, 0) is 5.75 Å². The van der Waals surface area contributed by atoms with Gasteiger partial charge in [-0.15, -0.1) is 0 Å². The van der Waals surface area contributed by atoms with Gasteiger partial charge in [0.05, 0.1) is 0 Å². The number of halogens is 1. The van der Waals surface area contributed by atoms with Crippen molar-refractivity contribution in [3.8, 4) is 11.5 Å². The molecule has 1 aliphatic rings. The van der Waals surface area contributed by atoms with Crippen molar-refractivity contribution in [1.82, 2.24) is 0 Å². The van der Waals surface area contributed by atoms with E-state index in [1.165, 1.54) is 11.8 Å². The highest BCUT2D eigenvalue weighted by atomic mass is 35.5. The maximum Gasteiger partial charge on any atom is 0.231 e. The molecule has 0 bridgehead atoms. The zero-order chi connectivity index (χ0) is 10.8. The van der Waals surface area contributed by atoms with Crippen LogP contribution in [0.5, 0.6) is 11.5 Å². The van der Waals surface area contributed by atoms with Crippen LogP contribution in [0.1, 0.15) is 5.56 Å². The van der Waals surface area contributed by atoms with Crippen molar-refractivity contribution < 1.29 is 9.47 Å². The summed E-state index contributed by atoms with van der Waals surface area (Å²) in [6.07, 6.45) is 0. The average Bonchev–Trinajstić information content (AvgIpc) is 2.60. The Kier molecular flexibility index (Phi) is 2.93. The van der Waals surface area contributed by atoms with Crippen LogP contribution in [0.15, 0.2) is 12.1 Å². The molecule has 0 saturated carbocycles. The fourth-order valence-corrected chi connectivity index (χ4v) is 2.07. The molecule has 80 valence electrons. The van der Waals surface area contributed by atoms with Gasteiger partial charge < -0.3 is 15.2 Å². The van der Waals surface area contributed by atoms with E-state index in [9.17, 15) is 0 Å². The van der Waals surface area contributed by atoms with Gasteiger partial charge in [-0.1, -0.05) is 23.4 Å². The van der Waals surface area contributed by atoms with E-state index in [4.69, 9.17) is 32.2 Å². The fourth-order valence-electron chi connectivity index (χ4n) is 1.23. The number of benzene rings is 1. The molecule has 0 saturated heterocycles. The number of hydrogen-bond acceptors (Lipinski definition) is 4. The van der Waals surface area contributed by atoms with E-state index in [0.717, 1.165) is 5.56 Å². The number of ether oxygens (including phenoxy) is 2. The molecule has 15 heavy (non-hydrogen) atoms. The number of hydrogen-bond donors (Lipinski definition) is 2. The van der Waals surface area contributed by atoms with Crippen LogP contribution in [0.3, 0.4) is 0 Å². The summed E-state index contributed by atoms with van der Waals surface area (Å²) in [6.45, 7) is 0.231. The second-order valence-corrected chi connectivity index (χ2v) is 4.37. The van der Waals surface area contributed by atoms with Crippen molar-refractivity contribution in [3.05, 3.63) is 22.7 Å². The number of nitrogens with one attached hydrogen (secondary N) is 1. The van der Waals surface area contributed by atoms with Crippen molar-refractivity contribution in [3.63, 3.8) is 0 Å². The lowest BCUT2D eigenvalue weighted by Crippen LogP contribution is -2.03. The summed E-state index contributed by atoms with van der Waals surface area (Å²) in [5.41, 5.74) is 6.14. The second kappa shape index (κ2) is 4.20. The Hall–Kier alpha value is -1.07. The van der Waals surface area contributed by atoms with Gasteiger partial charge in [0.25, 0.3) is 0 Å². The van der Waals surface area contributed by atoms with Crippen LogP contribution in [0.2, 0.25) is 5.02 Å². The van der Waals surface area contributed by atoms with Gasteiger partial charge in [-0.3, -0.25) is 5.41 Å². The lowest BCUT2D eigenvalue weighted by molar-refractivity contribution is 0.174. The summed E-state index contributed by atoms with van der Waals surface area (Å²) < 4.78 is 10.4. The Morgan fingerprint density at radius 2 is 2.13 bits per heavy atom. The Balaban J connectivity index is 2.21. The van der Waals surface area contributed by atoms with Gasteiger partial charge >= 0.3 is 0 Å². The molecule has 6 heteroatoms. The van der Waals surface area contributed by atoms with Crippen LogP contribution in [-0.4, -0.2) is 12.0 Å². The van der Waals surface area contributed by atoms with E-state index in [2.05, 4.69) is 0 Å². The molecule has 0 unspecified atom stereocenters. The topological polar surface area (TPSA) is 68.3 Å². The summed E-state index contributed by atoms with van der Waals surface area (Å²) in [5.74, 6) is 1.92. The maximum absolute atomic E-state index is 7.11. The molecule has 1 aromatic carbocycles. The van der Waals surface area contributed by atoms with Gasteiger partial charge in [0.1, 0.15) is 0 Å². The minimum absolute atomic E-state index is 0.0729. The molecule has 0 amide bonds. The Bertz CT molecular complexity index is 411. The zero-order valence-corrected chi connectivity index (χ0v) is 9.32. The first-order valence-corrected chi connectivity index (χ1v) is 5.58. The third-order valence-corrected chi connectivity index (χ3v) is 3.04. The van der Waals surface area contributed by atoms with Crippen LogP contribution in [0, 0.1) is 5.41 Å². The van der Waals surface area contributed by atoms with Gasteiger partial charge in [0.2, 0.25) is 6.79 Å². The van der Waals surface area contributed by atoms with E-state index in [1.54, 1.807) is 6.07 Å². The highest BCUT2D eigenvalue weighted by molar-refractivity contribution is 8.13. The number of fused-ring (bicyclic) bond motifs is 1. The standard InChI is InChI=1S/C9H9ClN2O2S/c10-6-2-8-7(13-4-14-8)1-5(6)3-15-9(11)12/h1-2H,3-4H2,(H3,11,12). The third-order valence-electron chi connectivity index (χ3n) is 1.92. The summed E-state index contributed by atoms with van der Waals surface area (Å²) in [6, 6.07) is 3.54. The van der Waals surface area contributed by atoms with Gasteiger partial charge in [-0.2, -0.15) is 0 Å². The van der Waals surface area contributed by atoms with Crippen molar-refractivity contribution in [2.45, 2.75) is 5.75 Å². The zero-order valence-electron chi connectivity index (χ0n) is 7.75. The van der Waals surface area contributed by atoms with Crippen molar-refractivity contribution >= 4 is 28.5 Å². The summed E-state index contributed by atoms with van der Waals surface area (Å²) in [7, 11) is 0. The first-order chi connectivity index (χ1) is 7.16. The van der Waals surface area contributed by atoms with Gasteiger partial charge in [-0.25, -0.2) is 0 Å². The highest BCUT2D eigenvalue weighted by Crippen LogP contribution is 2.37. The van der Waals surface area contributed by atoms with Crippen molar-refractivity contribution in [2.75, 3.05) is 6.79 Å². The molecule has 0 aliphatic carbocycles. The molecule has 0 spiro atoms. The Morgan fingerprint density at radius 1 is 1.47 bits per heavy atom. The normalized spacial score (nSPS) is 12.9. The lowest BCUT2D eigenvalue weighted by Gasteiger charge is -2.04. The quantitative estimate of drug-likeness (QED) is 0.618. The van der Waals surface area contributed by atoms with E-state index < -0.39 is 0 Å². The number of amidine groups is 1. The molecule has 0 aromatic heterocycles.